The van der Waals surface area contributed by atoms with Crippen LogP contribution in [0.15, 0.2) is 56.6 Å². The molecule has 1 heterocycles. The van der Waals surface area contributed by atoms with Gasteiger partial charge in [-0.3, -0.25) is 0 Å². The van der Waals surface area contributed by atoms with Gasteiger partial charge >= 0.3 is 0 Å². The molecule has 1 aromatic heterocycles. The van der Waals surface area contributed by atoms with E-state index in [4.69, 9.17) is 4.42 Å². The predicted octanol–water partition coefficient (Wildman–Crippen LogP) is 2.59. The molecule has 94 valence electrons. The molecule has 5 heteroatoms. The molecule has 0 aliphatic rings. The minimum Gasteiger partial charge on any atom is -0.472 e. The predicted molar refractivity (Wildman–Crippen MR) is 69.3 cm³/mol. The van der Waals surface area contributed by atoms with Gasteiger partial charge in [-0.25, -0.2) is 0 Å². The van der Waals surface area contributed by atoms with Crippen molar-refractivity contribution in [2.75, 3.05) is 0 Å². The van der Waals surface area contributed by atoms with Gasteiger partial charge in [0.1, 0.15) is 0 Å². The van der Waals surface area contributed by atoms with Gasteiger partial charge < -0.3 is 4.42 Å². The number of hydrogen-bond acceptors (Lipinski definition) is 3. The Hall–Kier alpha value is -1.88. The zero-order chi connectivity index (χ0) is 13.0. The molecule has 4 nitrogen and oxygen atoms in total. The van der Waals surface area contributed by atoms with Crippen molar-refractivity contribution in [3.8, 4) is 0 Å². The van der Waals surface area contributed by atoms with Crippen LogP contribution in [-0.2, 0) is 16.4 Å². The van der Waals surface area contributed by atoms with Crippen molar-refractivity contribution in [1.29, 1.82) is 0 Å². The second kappa shape index (κ2) is 5.18. The summed E-state index contributed by atoms with van der Waals surface area (Å²) in [5, 5.41) is 0. The van der Waals surface area contributed by atoms with E-state index in [-0.39, 0.29) is 4.90 Å². The first-order valence-corrected chi connectivity index (χ1v) is 6.88. The molecule has 2 rings (SSSR count). The van der Waals surface area contributed by atoms with Crippen LogP contribution in [0.3, 0.4) is 0 Å². The maximum Gasteiger partial charge on any atom is 0.281 e. The van der Waals surface area contributed by atoms with Crippen molar-refractivity contribution >= 4 is 16.2 Å². The molecule has 0 atom stereocenters. The fourth-order valence-electron chi connectivity index (χ4n) is 1.42. The molecule has 0 spiro atoms. The number of nitrogens with zero attached hydrogens (tertiary/aromatic N) is 1. The number of hydrogen-bond donors (Lipinski definition) is 0. The van der Waals surface area contributed by atoms with Crippen LogP contribution in [0.5, 0.6) is 0 Å². The Morgan fingerprint density at radius 1 is 1.22 bits per heavy atom. The molecule has 0 saturated heterocycles. The summed E-state index contributed by atoms with van der Waals surface area (Å²) in [4.78, 5) is 0.205. The summed E-state index contributed by atoms with van der Waals surface area (Å²) in [5.41, 5.74) is 1.90. The van der Waals surface area contributed by atoms with Crippen molar-refractivity contribution in [3.63, 3.8) is 0 Å². The quantitative estimate of drug-likeness (QED) is 0.796. The molecule has 18 heavy (non-hydrogen) atoms. The lowest BCUT2D eigenvalue weighted by atomic mass is 10.2. The Bertz CT molecular complexity index is 625. The van der Waals surface area contributed by atoms with Crippen LogP contribution in [0.2, 0.25) is 0 Å². The van der Waals surface area contributed by atoms with Gasteiger partial charge in [0.15, 0.2) is 0 Å². The van der Waals surface area contributed by atoms with Crippen molar-refractivity contribution in [2.24, 2.45) is 4.40 Å². The summed E-state index contributed by atoms with van der Waals surface area (Å²) in [6.45, 7) is 1.90. The lowest BCUT2D eigenvalue weighted by molar-refractivity contribution is 0.565. The summed E-state index contributed by atoms with van der Waals surface area (Å²) < 4.78 is 32.2. The first kappa shape index (κ1) is 12.6. The Labute approximate surface area is 106 Å². The van der Waals surface area contributed by atoms with E-state index in [2.05, 4.69) is 4.40 Å². The fraction of sp³-hybridized carbons (Fsp3) is 0.154. The van der Waals surface area contributed by atoms with Crippen LogP contribution >= 0.6 is 0 Å². The normalized spacial score (nSPS) is 12.1. The summed E-state index contributed by atoms with van der Waals surface area (Å²) in [5.74, 6) is 0. The Kier molecular flexibility index (Phi) is 3.62. The summed E-state index contributed by atoms with van der Waals surface area (Å²) in [6, 6.07) is 8.38. The van der Waals surface area contributed by atoms with Crippen molar-refractivity contribution < 1.29 is 12.8 Å². The number of aryl methyl sites for hydroxylation is 1. The Morgan fingerprint density at radius 3 is 2.56 bits per heavy atom. The molecule has 0 aliphatic carbocycles. The smallest absolute Gasteiger partial charge is 0.281 e. The Morgan fingerprint density at radius 2 is 1.94 bits per heavy atom. The molecule has 0 fully saturated rings. The van der Waals surface area contributed by atoms with E-state index < -0.39 is 10.0 Å². The van der Waals surface area contributed by atoms with Gasteiger partial charge in [-0.1, -0.05) is 17.7 Å². The van der Waals surface area contributed by atoms with E-state index in [0.717, 1.165) is 11.1 Å². The minimum atomic E-state index is -3.59. The van der Waals surface area contributed by atoms with Gasteiger partial charge in [0, 0.05) is 12.6 Å². The first-order chi connectivity index (χ1) is 8.58. The molecule has 0 N–H and O–H groups in total. The van der Waals surface area contributed by atoms with Gasteiger partial charge in [-0.2, -0.15) is 12.8 Å². The largest absolute Gasteiger partial charge is 0.472 e. The van der Waals surface area contributed by atoms with Crippen molar-refractivity contribution in [2.45, 2.75) is 18.2 Å². The van der Waals surface area contributed by atoms with E-state index in [1.807, 2.05) is 6.92 Å². The molecule has 0 radical (unpaired) electrons. The number of furan rings is 1. The molecule has 0 saturated carbocycles. The molecule has 0 bridgehead atoms. The van der Waals surface area contributed by atoms with Gasteiger partial charge in [0.2, 0.25) is 0 Å². The first-order valence-electron chi connectivity index (χ1n) is 5.44. The zero-order valence-electron chi connectivity index (χ0n) is 9.91. The standard InChI is InChI=1S/C13H13NO3S/c1-11-2-4-13(5-3-11)18(15,16)14-8-6-12-7-9-17-10-12/h2-5,7-10H,6H2,1H3/b14-8+. The molecule has 0 aliphatic heterocycles. The highest BCUT2D eigenvalue weighted by atomic mass is 32.2. The average Bonchev–Trinajstić information content (AvgIpc) is 2.82. The van der Waals surface area contributed by atoms with Gasteiger partial charge in [0.25, 0.3) is 10.0 Å². The lowest BCUT2D eigenvalue weighted by Gasteiger charge is -1.98. The van der Waals surface area contributed by atoms with E-state index >= 15 is 0 Å². The molecule has 0 unspecified atom stereocenters. The third-order valence-electron chi connectivity index (χ3n) is 2.44. The third kappa shape index (κ3) is 3.07. The number of rotatable bonds is 4. The maximum absolute atomic E-state index is 11.9. The van der Waals surface area contributed by atoms with Crippen LogP contribution in [0.4, 0.5) is 0 Å². The molecular weight excluding hydrogens is 250 g/mol. The topological polar surface area (TPSA) is 59.6 Å². The highest BCUT2D eigenvalue weighted by molar-refractivity contribution is 7.90. The van der Waals surface area contributed by atoms with E-state index in [1.165, 1.54) is 12.5 Å². The van der Waals surface area contributed by atoms with Crippen molar-refractivity contribution in [1.82, 2.24) is 0 Å². The zero-order valence-corrected chi connectivity index (χ0v) is 10.7. The molecule has 1 aromatic carbocycles. The highest BCUT2D eigenvalue weighted by Gasteiger charge is 2.10. The van der Waals surface area contributed by atoms with E-state index in [9.17, 15) is 8.42 Å². The molecule has 2 aromatic rings. The number of benzene rings is 1. The van der Waals surface area contributed by atoms with Crippen molar-refractivity contribution in [3.05, 3.63) is 54.0 Å². The highest BCUT2D eigenvalue weighted by Crippen LogP contribution is 2.12. The summed E-state index contributed by atoms with van der Waals surface area (Å²) in [7, 11) is -3.59. The second-order valence-corrected chi connectivity index (χ2v) is 5.54. The summed E-state index contributed by atoms with van der Waals surface area (Å²) in [6.07, 6.45) is 4.91. The van der Waals surface area contributed by atoms with Gasteiger partial charge in [-0.05, 0) is 30.7 Å². The molecular formula is C13H13NO3S. The third-order valence-corrected chi connectivity index (χ3v) is 3.73. The SMILES string of the molecule is Cc1ccc(S(=O)(=O)/N=C/Cc2ccoc2)cc1. The van der Waals surface area contributed by atoms with E-state index in [1.54, 1.807) is 36.6 Å². The van der Waals surface area contributed by atoms with Gasteiger partial charge in [-0.15, -0.1) is 0 Å². The van der Waals surface area contributed by atoms with Crippen LogP contribution in [0, 0.1) is 6.92 Å². The Balaban J connectivity index is 2.12. The van der Waals surface area contributed by atoms with Crippen LogP contribution in [0.25, 0.3) is 0 Å². The number of sulfonamides is 1. The fourth-order valence-corrected chi connectivity index (χ4v) is 2.29. The average molecular weight is 263 g/mol. The van der Waals surface area contributed by atoms with Crippen LogP contribution in [-0.4, -0.2) is 14.6 Å². The molecule has 0 amide bonds. The minimum absolute atomic E-state index is 0.205. The van der Waals surface area contributed by atoms with E-state index in [0.29, 0.717) is 6.42 Å². The summed E-state index contributed by atoms with van der Waals surface area (Å²) >= 11 is 0. The second-order valence-electron chi connectivity index (χ2n) is 3.91. The van der Waals surface area contributed by atoms with Gasteiger partial charge in [0.05, 0.1) is 17.4 Å². The maximum atomic E-state index is 11.9. The lowest BCUT2D eigenvalue weighted by Crippen LogP contribution is -1.98. The van der Waals surface area contributed by atoms with Crippen LogP contribution in [0.1, 0.15) is 11.1 Å². The van der Waals surface area contributed by atoms with Crippen LogP contribution < -0.4 is 0 Å². The monoisotopic (exact) mass is 263 g/mol.